The number of sulfone groups is 1. The molecule has 1 saturated heterocycles. The Balaban J connectivity index is 1.25. The lowest BCUT2D eigenvalue weighted by atomic mass is 10.1. The number of nitrogens with zero attached hydrogens (tertiary/aromatic N) is 4. The first-order valence-corrected chi connectivity index (χ1v) is 17.5. The van der Waals surface area contributed by atoms with E-state index in [1.165, 1.54) is 30.6 Å². The molecule has 2 aliphatic carbocycles. The predicted octanol–water partition coefficient (Wildman–Crippen LogP) is 3.08. The summed E-state index contributed by atoms with van der Waals surface area (Å²) in [7, 11) is -1.84. The highest BCUT2D eigenvalue weighted by Gasteiger charge is 2.37. The molecule has 2 aromatic rings. The first kappa shape index (κ1) is 32.5. The van der Waals surface area contributed by atoms with Gasteiger partial charge in [0.2, 0.25) is 5.91 Å². The van der Waals surface area contributed by atoms with E-state index in [1.807, 2.05) is 18.7 Å². The fraction of sp³-hybridized carbons (Fsp3) is 0.600. The van der Waals surface area contributed by atoms with Crippen molar-refractivity contribution in [2.75, 3.05) is 45.3 Å². The third kappa shape index (κ3) is 8.02. The summed E-state index contributed by atoms with van der Waals surface area (Å²) in [5.41, 5.74) is 0.492. The van der Waals surface area contributed by atoms with Crippen molar-refractivity contribution in [2.24, 2.45) is 5.16 Å². The van der Waals surface area contributed by atoms with Crippen molar-refractivity contribution in [1.82, 2.24) is 14.8 Å². The van der Waals surface area contributed by atoms with Gasteiger partial charge in [-0.05, 0) is 51.7 Å². The molecule has 1 aromatic heterocycles. The fourth-order valence-corrected chi connectivity index (χ4v) is 8.18. The van der Waals surface area contributed by atoms with Gasteiger partial charge in [-0.15, -0.1) is 11.3 Å². The second-order valence-corrected chi connectivity index (χ2v) is 14.9. The second-order valence-electron chi connectivity index (χ2n) is 11.5. The number of nitrogens with one attached hydrogen (secondary N) is 1. The molecule has 3 atom stereocenters. The monoisotopic (exact) mass is 647 g/mol. The quantitative estimate of drug-likeness (QED) is 0.257. The molecule has 2 saturated carbocycles. The number of rotatable bonds is 13. The molecule has 2 heterocycles. The van der Waals surface area contributed by atoms with Gasteiger partial charge >= 0.3 is 0 Å². The van der Waals surface area contributed by atoms with Gasteiger partial charge in [-0.25, -0.2) is 13.4 Å². The first-order valence-electron chi connectivity index (χ1n) is 15.1. The maximum atomic E-state index is 13.5. The highest BCUT2D eigenvalue weighted by Crippen LogP contribution is 2.33. The van der Waals surface area contributed by atoms with Gasteiger partial charge in [-0.3, -0.25) is 19.8 Å². The average molecular weight is 648 g/mol. The topological polar surface area (TPSA) is 140 Å². The Hall–Kier alpha value is -2.91. The van der Waals surface area contributed by atoms with Crippen LogP contribution in [0.1, 0.15) is 56.4 Å². The maximum absolute atomic E-state index is 13.5. The number of aromatic nitrogens is 1. The number of thiazole rings is 1. The largest absolute Gasteiger partial charge is 0.392 e. The molecule has 240 valence electrons. The van der Waals surface area contributed by atoms with Crippen LogP contribution in [0.2, 0.25) is 0 Å². The summed E-state index contributed by atoms with van der Waals surface area (Å²) in [5, 5.41) is 7.23. The molecule has 0 bridgehead atoms. The Bertz CT molecular complexity index is 1440. The fourth-order valence-electron chi connectivity index (χ4n) is 5.68. The molecule has 0 radical (unpaired) electrons. The number of carbonyl (C=O) groups is 2. The van der Waals surface area contributed by atoms with E-state index < -0.39 is 15.7 Å². The number of carbonyl (C=O) groups excluding carboxylic acids is 2. The van der Waals surface area contributed by atoms with Gasteiger partial charge in [0.1, 0.15) is 12.7 Å². The predicted molar refractivity (Wildman–Crippen MR) is 166 cm³/mol. The minimum absolute atomic E-state index is 0.00916. The molecule has 44 heavy (non-hydrogen) atoms. The van der Waals surface area contributed by atoms with Crippen molar-refractivity contribution in [3.05, 3.63) is 40.9 Å². The lowest BCUT2D eigenvalue weighted by molar-refractivity contribution is -0.139. The molecule has 1 aromatic carbocycles. The molecule has 12 nitrogen and oxygen atoms in total. The van der Waals surface area contributed by atoms with Gasteiger partial charge in [0, 0.05) is 69.0 Å². The molecule has 0 unspecified atom stereocenters. The van der Waals surface area contributed by atoms with Crippen LogP contribution < -0.4 is 5.32 Å². The zero-order valence-corrected chi connectivity index (χ0v) is 27.1. The van der Waals surface area contributed by atoms with Crippen molar-refractivity contribution in [2.45, 2.75) is 80.9 Å². The number of methoxy groups -OCH3 is 1. The molecule has 3 fully saturated rings. The summed E-state index contributed by atoms with van der Waals surface area (Å²) in [6.45, 7) is 7.41. The Morgan fingerprint density at radius 3 is 2.55 bits per heavy atom. The molecule has 14 heteroatoms. The number of hydrogen-bond acceptors (Lipinski definition) is 11. The van der Waals surface area contributed by atoms with Crippen molar-refractivity contribution < 1.29 is 32.3 Å². The van der Waals surface area contributed by atoms with Crippen LogP contribution >= 0.6 is 11.3 Å². The van der Waals surface area contributed by atoms with Gasteiger partial charge in [-0.1, -0.05) is 17.3 Å². The lowest BCUT2D eigenvalue weighted by Gasteiger charge is -2.39. The molecule has 2 amide bonds. The van der Waals surface area contributed by atoms with E-state index in [-0.39, 0.29) is 46.6 Å². The summed E-state index contributed by atoms with van der Waals surface area (Å²) in [5.74, 6) is -0.507. The number of piperazine rings is 1. The highest BCUT2D eigenvalue weighted by molar-refractivity contribution is 7.92. The van der Waals surface area contributed by atoms with Crippen molar-refractivity contribution in [1.29, 1.82) is 0 Å². The minimum atomic E-state index is -3.36. The molecule has 1 aliphatic heterocycles. The van der Waals surface area contributed by atoms with Crippen LogP contribution in [0.3, 0.4) is 0 Å². The van der Waals surface area contributed by atoms with E-state index >= 15 is 0 Å². The third-order valence-corrected chi connectivity index (χ3v) is 11.3. The third-order valence-electron chi connectivity index (χ3n) is 8.12. The van der Waals surface area contributed by atoms with E-state index in [0.29, 0.717) is 49.7 Å². The Labute approximate surface area is 262 Å². The molecular formula is C30H41N5O7S2. The smallest absolute Gasteiger partial charge is 0.280 e. The number of oxime groups is 1. The van der Waals surface area contributed by atoms with Crippen molar-refractivity contribution >= 4 is 43.8 Å². The zero-order chi connectivity index (χ0) is 31.3. The van der Waals surface area contributed by atoms with Crippen LogP contribution in [0.15, 0.2) is 40.5 Å². The number of benzene rings is 1. The maximum Gasteiger partial charge on any atom is 0.280 e. The van der Waals surface area contributed by atoms with Gasteiger partial charge in [0.05, 0.1) is 16.2 Å². The Morgan fingerprint density at radius 1 is 1.11 bits per heavy atom. The second kappa shape index (κ2) is 14.5. The van der Waals surface area contributed by atoms with E-state index in [1.54, 1.807) is 18.3 Å². The van der Waals surface area contributed by atoms with Gasteiger partial charge < -0.3 is 19.2 Å². The van der Waals surface area contributed by atoms with E-state index in [2.05, 4.69) is 20.4 Å². The molecule has 0 spiro atoms. The average Bonchev–Trinajstić information content (AvgIpc) is 3.64. The zero-order valence-electron chi connectivity index (χ0n) is 25.4. The molecule has 5 rings (SSSR count). The lowest BCUT2D eigenvalue weighted by Crippen LogP contribution is -2.54. The van der Waals surface area contributed by atoms with Crippen LogP contribution in [0.5, 0.6) is 0 Å². The summed E-state index contributed by atoms with van der Waals surface area (Å²) in [4.78, 5) is 41.4. The number of amides is 2. The van der Waals surface area contributed by atoms with Crippen molar-refractivity contribution in [3.63, 3.8) is 0 Å². The van der Waals surface area contributed by atoms with E-state index in [4.69, 9.17) is 14.3 Å². The highest BCUT2D eigenvalue weighted by atomic mass is 32.2. The molecule has 1 N–H and O–H groups in total. The van der Waals surface area contributed by atoms with Gasteiger partial charge in [0.15, 0.2) is 20.7 Å². The van der Waals surface area contributed by atoms with Gasteiger partial charge in [-0.2, -0.15) is 0 Å². The summed E-state index contributed by atoms with van der Waals surface area (Å²) < 4.78 is 36.1. The first-order chi connectivity index (χ1) is 21.2. The summed E-state index contributed by atoms with van der Waals surface area (Å²) in [6.07, 6.45) is 5.34. The van der Waals surface area contributed by atoms with Crippen molar-refractivity contribution in [3.8, 4) is 0 Å². The molecule has 3 aliphatic rings. The van der Waals surface area contributed by atoms with E-state index in [9.17, 15) is 18.0 Å². The Kier molecular flexibility index (Phi) is 10.7. The van der Waals surface area contributed by atoms with Crippen LogP contribution in [-0.2, 0) is 40.3 Å². The van der Waals surface area contributed by atoms with Crippen LogP contribution in [0, 0.1) is 0 Å². The standard InChI is InChI=1S/C30H41N5O7S2/c1-4-41-22-7-8-23(15-22)42-33-28(21-5-9-25(10-6-21)44(38,39)26-11-12-26)29(37)32-30-31-16-24(43-30)18-34-13-14-35(20(2)17-34)27(36)19-40-3/h5-6,9-10,16,20,22-23,26H,4,7-8,11-15,17-19H2,1-3H3,(H,31,32,37)/t20-,22+,23+/m0/s1. The van der Waals surface area contributed by atoms with Gasteiger partial charge in [0.25, 0.3) is 5.91 Å². The normalized spacial score (nSPS) is 23.1. The van der Waals surface area contributed by atoms with Crippen LogP contribution in [-0.4, -0.2) is 104 Å². The molecular weight excluding hydrogens is 606 g/mol. The number of hydrogen-bond donors (Lipinski definition) is 1. The van der Waals surface area contributed by atoms with Crippen LogP contribution in [0.4, 0.5) is 5.13 Å². The minimum Gasteiger partial charge on any atom is -0.392 e. The SMILES string of the molecule is CCO[C@@H]1CC[C@@H](ON=C(C(=O)Nc2ncc(CN3CCN(C(=O)COC)[C@@H](C)C3)s2)c2ccc(S(=O)(=O)C3CC3)cc2)C1. The summed E-state index contributed by atoms with van der Waals surface area (Å²) >= 11 is 1.37. The van der Waals surface area contributed by atoms with E-state index in [0.717, 1.165) is 30.8 Å². The van der Waals surface area contributed by atoms with Crippen LogP contribution in [0.25, 0.3) is 0 Å². The number of ether oxygens (including phenoxy) is 2. The summed E-state index contributed by atoms with van der Waals surface area (Å²) in [6, 6.07) is 6.31. The Morgan fingerprint density at radius 2 is 1.86 bits per heavy atom. The number of anilines is 1.